The van der Waals surface area contributed by atoms with E-state index in [1.54, 1.807) is 0 Å². The van der Waals surface area contributed by atoms with Gasteiger partial charge in [-0.15, -0.1) is 0 Å². The van der Waals surface area contributed by atoms with Gasteiger partial charge in [-0.05, 0) is 31.0 Å². The van der Waals surface area contributed by atoms with Crippen LogP contribution in [0.1, 0.15) is 24.8 Å². The summed E-state index contributed by atoms with van der Waals surface area (Å²) in [5, 5.41) is 9.60. The Morgan fingerprint density at radius 2 is 1.92 bits per heavy atom. The zero-order valence-corrected chi connectivity index (χ0v) is 8.51. The average Bonchev–Trinajstić information content (AvgIpc) is 2.61. The largest absolute Gasteiger partial charge is 0.390 e. The van der Waals surface area contributed by atoms with Crippen LogP contribution in [0.4, 0.5) is 0 Å². The molecule has 1 aromatic rings. The van der Waals surface area contributed by atoms with E-state index in [9.17, 15) is 5.11 Å². The quantitative estimate of drug-likeness (QED) is 0.781. The van der Waals surface area contributed by atoms with Crippen molar-refractivity contribution in [2.75, 3.05) is 0 Å². The topological polar surface area (TPSA) is 20.2 Å². The number of aliphatic hydroxyl groups is 1. The normalized spacial score (nSPS) is 33.4. The van der Waals surface area contributed by atoms with Crippen LogP contribution in [0.25, 0.3) is 0 Å². The van der Waals surface area contributed by atoms with E-state index < -0.39 is 5.60 Å². The first kappa shape index (κ1) is 8.27. The van der Waals surface area contributed by atoms with Crippen molar-refractivity contribution in [3.63, 3.8) is 0 Å². The molecule has 64 valence electrons. The molecular weight excluding hydrogens is 216 g/mol. The summed E-state index contributed by atoms with van der Waals surface area (Å²) >= 11 is 3.38. The zero-order valence-electron chi connectivity index (χ0n) is 6.92. The van der Waals surface area contributed by atoms with Crippen LogP contribution in [0.5, 0.6) is 0 Å². The number of hydrogen-bond acceptors (Lipinski definition) is 1. The summed E-state index contributed by atoms with van der Waals surface area (Å²) in [6.45, 7) is 1.89. The van der Waals surface area contributed by atoms with Gasteiger partial charge in [0.15, 0.2) is 0 Å². The SMILES string of the molecule is CC1(O)CC1c1ccc(Br)cc1. The van der Waals surface area contributed by atoms with Crippen molar-refractivity contribution >= 4 is 15.9 Å². The van der Waals surface area contributed by atoms with Crippen LogP contribution in [-0.4, -0.2) is 10.7 Å². The molecule has 1 aliphatic rings. The summed E-state index contributed by atoms with van der Waals surface area (Å²) in [7, 11) is 0. The van der Waals surface area contributed by atoms with Crippen molar-refractivity contribution < 1.29 is 5.11 Å². The van der Waals surface area contributed by atoms with Crippen LogP contribution in [0, 0.1) is 0 Å². The molecule has 0 bridgehead atoms. The maximum atomic E-state index is 9.60. The molecule has 1 nitrogen and oxygen atoms in total. The molecule has 0 heterocycles. The minimum Gasteiger partial charge on any atom is -0.390 e. The van der Waals surface area contributed by atoms with Gasteiger partial charge in [0, 0.05) is 10.4 Å². The average molecular weight is 227 g/mol. The Morgan fingerprint density at radius 3 is 2.33 bits per heavy atom. The fourth-order valence-electron chi connectivity index (χ4n) is 1.53. The van der Waals surface area contributed by atoms with Gasteiger partial charge in [-0.25, -0.2) is 0 Å². The molecule has 0 saturated heterocycles. The van der Waals surface area contributed by atoms with Crippen molar-refractivity contribution in [1.82, 2.24) is 0 Å². The van der Waals surface area contributed by atoms with E-state index in [0.717, 1.165) is 10.9 Å². The van der Waals surface area contributed by atoms with Crippen LogP contribution in [-0.2, 0) is 0 Å². The van der Waals surface area contributed by atoms with Crippen molar-refractivity contribution in [2.45, 2.75) is 24.9 Å². The monoisotopic (exact) mass is 226 g/mol. The zero-order chi connectivity index (χ0) is 8.77. The first-order chi connectivity index (χ1) is 5.59. The highest BCUT2D eigenvalue weighted by atomic mass is 79.9. The van der Waals surface area contributed by atoms with Crippen LogP contribution in [0.3, 0.4) is 0 Å². The van der Waals surface area contributed by atoms with Crippen molar-refractivity contribution in [2.24, 2.45) is 0 Å². The minimum atomic E-state index is -0.451. The van der Waals surface area contributed by atoms with E-state index >= 15 is 0 Å². The number of halogens is 1. The lowest BCUT2D eigenvalue weighted by Gasteiger charge is -2.02. The van der Waals surface area contributed by atoms with Crippen molar-refractivity contribution in [3.8, 4) is 0 Å². The molecule has 0 aliphatic heterocycles. The fraction of sp³-hybridized carbons (Fsp3) is 0.400. The molecule has 2 heteroatoms. The number of benzene rings is 1. The Morgan fingerprint density at radius 1 is 1.42 bits per heavy atom. The fourth-order valence-corrected chi connectivity index (χ4v) is 1.79. The second-order valence-corrected chi connectivity index (χ2v) is 4.58. The summed E-state index contributed by atoms with van der Waals surface area (Å²) in [4.78, 5) is 0. The molecule has 12 heavy (non-hydrogen) atoms. The Kier molecular flexibility index (Phi) is 1.77. The molecule has 0 aromatic heterocycles. The van der Waals surface area contributed by atoms with Crippen molar-refractivity contribution in [1.29, 1.82) is 0 Å². The Bertz CT molecular complexity index is 289. The van der Waals surface area contributed by atoms with E-state index in [1.807, 2.05) is 19.1 Å². The van der Waals surface area contributed by atoms with Gasteiger partial charge >= 0.3 is 0 Å². The summed E-state index contributed by atoms with van der Waals surface area (Å²) in [5.41, 5.74) is 0.789. The molecular formula is C10H11BrO. The summed E-state index contributed by atoms with van der Waals surface area (Å²) in [6, 6.07) is 8.17. The first-order valence-corrected chi connectivity index (χ1v) is 4.87. The van der Waals surface area contributed by atoms with Crippen LogP contribution >= 0.6 is 15.9 Å². The van der Waals surface area contributed by atoms with E-state index in [0.29, 0.717) is 5.92 Å². The van der Waals surface area contributed by atoms with Crippen molar-refractivity contribution in [3.05, 3.63) is 34.3 Å². The van der Waals surface area contributed by atoms with Crippen LogP contribution < -0.4 is 0 Å². The molecule has 2 unspecified atom stereocenters. The predicted molar refractivity (Wildman–Crippen MR) is 52.1 cm³/mol. The first-order valence-electron chi connectivity index (χ1n) is 4.07. The molecule has 1 aromatic carbocycles. The molecule has 0 spiro atoms. The molecule has 1 fully saturated rings. The van der Waals surface area contributed by atoms with Crippen LogP contribution in [0.15, 0.2) is 28.7 Å². The molecule has 2 rings (SSSR count). The third-order valence-corrected chi connectivity index (χ3v) is 3.01. The summed E-state index contributed by atoms with van der Waals surface area (Å²) in [5.74, 6) is 0.352. The lowest BCUT2D eigenvalue weighted by molar-refractivity contribution is 0.164. The highest BCUT2D eigenvalue weighted by Gasteiger charge is 2.49. The van der Waals surface area contributed by atoms with Gasteiger partial charge in [0.2, 0.25) is 0 Å². The lowest BCUT2D eigenvalue weighted by Crippen LogP contribution is -2.01. The molecule has 1 N–H and O–H groups in total. The molecule has 0 radical (unpaired) electrons. The smallest absolute Gasteiger partial charge is 0.0696 e. The number of rotatable bonds is 1. The van der Waals surface area contributed by atoms with Gasteiger partial charge < -0.3 is 5.11 Å². The maximum absolute atomic E-state index is 9.60. The second kappa shape index (κ2) is 2.57. The highest BCUT2D eigenvalue weighted by Crippen LogP contribution is 2.50. The van der Waals surface area contributed by atoms with Gasteiger partial charge in [-0.1, -0.05) is 28.1 Å². The van der Waals surface area contributed by atoms with Crippen LogP contribution in [0.2, 0.25) is 0 Å². The Balaban J connectivity index is 2.21. The van der Waals surface area contributed by atoms with Gasteiger partial charge in [-0.2, -0.15) is 0 Å². The second-order valence-electron chi connectivity index (χ2n) is 3.67. The maximum Gasteiger partial charge on any atom is 0.0696 e. The number of hydrogen-bond donors (Lipinski definition) is 1. The van der Waals surface area contributed by atoms with Gasteiger partial charge in [0.25, 0.3) is 0 Å². The van der Waals surface area contributed by atoms with E-state index in [-0.39, 0.29) is 0 Å². The van der Waals surface area contributed by atoms with E-state index in [4.69, 9.17) is 0 Å². The predicted octanol–water partition coefficient (Wildman–Crippen LogP) is 2.69. The molecule has 1 aliphatic carbocycles. The summed E-state index contributed by atoms with van der Waals surface area (Å²) in [6.07, 6.45) is 0.897. The minimum absolute atomic E-state index is 0.352. The molecule has 0 amide bonds. The Labute approximate surface area is 80.5 Å². The molecule has 2 atom stereocenters. The Hall–Kier alpha value is -0.340. The van der Waals surface area contributed by atoms with Gasteiger partial charge in [-0.3, -0.25) is 0 Å². The van der Waals surface area contributed by atoms with Gasteiger partial charge in [0.05, 0.1) is 5.60 Å². The third-order valence-electron chi connectivity index (χ3n) is 2.48. The van der Waals surface area contributed by atoms with E-state index in [2.05, 4.69) is 28.1 Å². The third kappa shape index (κ3) is 1.41. The van der Waals surface area contributed by atoms with Gasteiger partial charge in [0.1, 0.15) is 0 Å². The molecule has 1 saturated carbocycles. The summed E-state index contributed by atoms with van der Waals surface area (Å²) < 4.78 is 1.09. The standard InChI is InChI=1S/C10H11BrO/c1-10(12)6-9(10)7-2-4-8(11)5-3-7/h2-5,9,12H,6H2,1H3. The van der Waals surface area contributed by atoms with E-state index in [1.165, 1.54) is 5.56 Å². The lowest BCUT2D eigenvalue weighted by atomic mass is 10.1. The highest BCUT2D eigenvalue weighted by molar-refractivity contribution is 9.10.